The van der Waals surface area contributed by atoms with Crippen LogP contribution in [-0.4, -0.2) is 35.3 Å². The average molecular weight is 352 g/mol. The van der Waals surface area contributed by atoms with Gasteiger partial charge in [0.1, 0.15) is 15.5 Å². The summed E-state index contributed by atoms with van der Waals surface area (Å²) in [7, 11) is 1.60. The molecular formula is C17H24N2O4S. The highest BCUT2D eigenvalue weighted by atomic mass is 32.1. The fraction of sp³-hybridized carbons (Fsp3) is 0.588. The maximum atomic E-state index is 13.0. The normalized spacial score (nSPS) is 11.7. The minimum atomic E-state index is -0.403. The molecule has 0 fully saturated rings. The van der Waals surface area contributed by atoms with Crippen LogP contribution in [0, 0.1) is 6.92 Å². The molecule has 0 saturated heterocycles. The lowest BCUT2D eigenvalue weighted by atomic mass is 10.1. The summed E-state index contributed by atoms with van der Waals surface area (Å²) in [6.07, 6.45) is -0.209. The second-order valence-corrected chi connectivity index (χ2v) is 7.26. The van der Waals surface area contributed by atoms with Crippen molar-refractivity contribution < 1.29 is 14.3 Å². The first kappa shape index (κ1) is 18.6. The van der Waals surface area contributed by atoms with Gasteiger partial charge in [-0.05, 0) is 26.3 Å². The molecule has 2 aromatic heterocycles. The Bertz CT molecular complexity index is 805. The van der Waals surface area contributed by atoms with Gasteiger partial charge in [0.25, 0.3) is 5.56 Å². The molecule has 0 aliphatic carbocycles. The zero-order valence-electron chi connectivity index (χ0n) is 15.0. The van der Waals surface area contributed by atoms with Crippen LogP contribution >= 0.6 is 11.3 Å². The van der Waals surface area contributed by atoms with Gasteiger partial charge in [0.05, 0.1) is 24.6 Å². The molecule has 132 valence electrons. The van der Waals surface area contributed by atoms with E-state index in [-0.39, 0.29) is 17.6 Å². The van der Waals surface area contributed by atoms with Gasteiger partial charge >= 0.3 is 5.97 Å². The third-order valence-corrected chi connectivity index (χ3v) is 4.81. The lowest BCUT2D eigenvalue weighted by Crippen LogP contribution is -2.27. The predicted octanol–water partition coefficient (Wildman–Crippen LogP) is 3.10. The third kappa shape index (κ3) is 3.52. The highest BCUT2D eigenvalue weighted by molar-refractivity contribution is 7.20. The molecule has 6 nitrogen and oxygen atoms in total. The highest BCUT2D eigenvalue weighted by Crippen LogP contribution is 2.29. The van der Waals surface area contributed by atoms with E-state index >= 15 is 0 Å². The number of carbonyl (C=O) groups excluding carboxylic acids is 1. The van der Waals surface area contributed by atoms with Gasteiger partial charge in [-0.1, -0.05) is 13.8 Å². The van der Waals surface area contributed by atoms with Gasteiger partial charge < -0.3 is 9.47 Å². The smallest absolute Gasteiger partial charge is 0.348 e. The van der Waals surface area contributed by atoms with E-state index in [4.69, 9.17) is 9.47 Å². The summed E-state index contributed by atoms with van der Waals surface area (Å²) >= 11 is 1.22. The number of esters is 1. The Hall–Kier alpha value is -1.73. The summed E-state index contributed by atoms with van der Waals surface area (Å²) in [4.78, 5) is 30.9. The standard InChI is InChI=1S/C17H24N2O4S/c1-9(2)14-18-15-12(16(20)19(14)7-8-22-6)11(5)13(24-15)17(21)23-10(3)4/h9-10H,7-8H2,1-6H3. The van der Waals surface area contributed by atoms with Crippen LogP contribution in [0.2, 0.25) is 0 Å². The molecule has 2 aromatic rings. The second-order valence-electron chi connectivity index (χ2n) is 6.26. The minimum absolute atomic E-state index is 0.0902. The molecule has 2 rings (SSSR count). The lowest BCUT2D eigenvalue weighted by Gasteiger charge is -2.14. The number of thiophene rings is 1. The van der Waals surface area contributed by atoms with Crippen molar-refractivity contribution in [3.63, 3.8) is 0 Å². The van der Waals surface area contributed by atoms with Gasteiger partial charge in [0.2, 0.25) is 0 Å². The fourth-order valence-electron chi connectivity index (χ4n) is 2.53. The largest absolute Gasteiger partial charge is 0.459 e. The molecule has 0 aliphatic heterocycles. The van der Waals surface area contributed by atoms with Crippen LogP contribution in [0.15, 0.2) is 4.79 Å². The molecule has 0 N–H and O–H groups in total. The molecule has 2 heterocycles. The highest BCUT2D eigenvalue weighted by Gasteiger charge is 2.23. The Morgan fingerprint density at radius 3 is 2.50 bits per heavy atom. The molecule has 7 heteroatoms. The summed E-state index contributed by atoms with van der Waals surface area (Å²) in [5, 5.41) is 0.496. The van der Waals surface area contributed by atoms with Gasteiger partial charge in [0.15, 0.2) is 0 Å². The zero-order valence-corrected chi connectivity index (χ0v) is 15.8. The van der Waals surface area contributed by atoms with Crippen molar-refractivity contribution in [2.45, 2.75) is 53.2 Å². The molecule has 0 saturated carbocycles. The topological polar surface area (TPSA) is 70.4 Å². The first-order valence-corrected chi connectivity index (χ1v) is 8.83. The van der Waals surface area contributed by atoms with E-state index in [9.17, 15) is 9.59 Å². The van der Waals surface area contributed by atoms with E-state index in [0.717, 1.165) is 0 Å². The van der Waals surface area contributed by atoms with Crippen molar-refractivity contribution in [3.8, 4) is 0 Å². The SMILES string of the molecule is COCCn1c(C(C)C)nc2sc(C(=O)OC(C)C)c(C)c2c1=O. The fourth-order valence-corrected chi connectivity index (χ4v) is 3.60. The van der Waals surface area contributed by atoms with Crippen LogP contribution in [0.1, 0.15) is 54.7 Å². The molecule has 0 unspecified atom stereocenters. The van der Waals surface area contributed by atoms with Crippen molar-refractivity contribution in [2.75, 3.05) is 13.7 Å². The number of rotatable bonds is 6. The third-order valence-electron chi connectivity index (χ3n) is 3.64. The van der Waals surface area contributed by atoms with Crippen LogP contribution < -0.4 is 5.56 Å². The zero-order chi connectivity index (χ0) is 18.0. The van der Waals surface area contributed by atoms with Crippen molar-refractivity contribution in [1.29, 1.82) is 0 Å². The quantitative estimate of drug-likeness (QED) is 0.747. The van der Waals surface area contributed by atoms with Crippen molar-refractivity contribution in [3.05, 3.63) is 26.6 Å². The lowest BCUT2D eigenvalue weighted by molar-refractivity contribution is 0.0383. The predicted molar refractivity (Wildman–Crippen MR) is 95.1 cm³/mol. The van der Waals surface area contributed by atoms with Gasteiger partial charge in [-0.2, -0.15) is 0 Å². The van der Waals surface area contributed by atoms with Gasteiger partial charge in [0, 0.05) is 13.0 Å². The van der Waals surface area contributed by atoms with Crippen LogP contribution in [0.25, 0.3) is 10.2 Å². The Morgan fingerprint density at radius 2 is 1.96 bits per heavy atom. The molecule has 0 aromatic carbocycles. The molecule has 0 bridgehead atoms. The molecule has 0 aliphatic rings. The summed E-state index contributed by atoms with van der Waals surface area (Å²) in [5.41, 5.74) is 0.512. The molecule has 0 amide bonds. The summed E-state index contributed by atoms with van der Waals surface area (Å²) in [5.74, 6) is 0.390. The molecule has 0 radical (unpaired) electrons. The number of hydrogen-bond acceptors (Lipinski definition) is 6. The van der Waals surface area contributed by atoms with E-state index in [1.54, 1.807) is 32.4 Å². The van der Waals surface area contributed by atoms with E-state index in [1.165, 1.54) is 11.3 Å². The number of aryl methyl sites for hydroxylation is 1. The van der Waals surface area contributed by atoms with E-state index in [1.807, 2.05) is 13.8 Å². The maximum absolute atomic E-state index is 13.0. The Morgan fingerprint density at radius 1 is 1.29 bits per heavy atom. The Kier molecular flexibility index (Phi) is 5.77. The molecular weight excluding hydrogens is 328 g/mol. The van der Waals surface area contributed by atoms with Gasteiger partial charge in [-0.3, -0.25) is 9.36 Å². The minimum Gasteiger partial charge on any atom is -0.459 e. The first-order chi connectivity index (χ1) is 11.3. The number of nitrogens with zero attached hydrogens (tertiary/aromatic N) is 2. The Labute approximate surface area is 145 Å². The molecule has 0 spiro atoms. The van der Waals surface area contributed by atoms with Crippen LogP contribution in [0.5, 0.6) is 0 Å². The Balaban J connectivity index is 2.66. The number of methoxy groups -OCH3 is 1. The number of aromatic nitrogens is 2. The number of carbonyl (C=O) groups is 1. The van der Waals surface area contributed by atoms with Crippen molar-refractivity contribution in [2.24, 2.45) is 0 Å². The number of ether oxygens (including phenoxy) is 2. The molecule has 24 heavy (non-hydrogen) atoms. The van der Waals surface area contributed by atoms with E-state index in [0.29, 0.717) is 39.6 Å². The number of hydrogen-bond donors (Lipinski definition) is 0. The molecule has 0 atom stereocenters. The van der Waals surface area contributed by atoms with Crippen molar-refractivity contribution >= 4 is 27.5 Å². The van der Waals surface area contributed by atoms with Crippen LogP contribution in [0.4, 0.5) is 0 Å². The second kappa shape index (κ2) is 7.44. The summed E-state index contributed by atoms with van der Waals surface area (Å²) < 4.78 is 12.0. The average Bonchev–Trinajstić information content (AvgIpc) is 2.82. The van der Waals surface area contributed by atoms with Gasteiger partial charge in [-0.15, -0.1) is 11.3 Å². The van der Waals surface area contributed by atoms with Crippen molar-refractivity contribution in [1.82, 2.24) is 9.55 Å². The summed E-state index contributed by atoms with van der Waals surface area (Å²) in [6, 6.07) is 0. The van der Waals surface area contributed by atoms with E-state index < -0.39 is 5.97 Å². The first-order valence-electron chi connectivity index (χ1n) is 8.01. The monoisotopic (exact) mass is 352 g/mol. The number of fused-ring (bicyclic) bond motifs is 1. The maximum Gasteiger partial charge on any atom is 0.348 e. The van der Waals surface area contributed by atoms with E-state index in [2.05, 4.69) is 4.98 Å². The van der Waals surface area contributed by atoms with Crippen LogP contribution in [-0.2, 0) is 16.0 Å². The summed E-state index contributed by atoms with van der Waals surface area (Å²) in [6.45, 7) is 10.2. The van der Waals surface area contributed by atoms with Gasteiger partial charge in [-0.25, -0.2) is 9.78 Å². The van der Waals surface area contributed by atoms with Crippen LogP contribution in [0.3, 0.4) is 0 Å².